The summed E-state index contributed by atoms with van der Waals surface area (Å²) in [7, 11) is 0. The average molecular weight is 335 g/mol. The minimum Gasteiger partial charge on any atom is -0.338 e. The maximum absolute atomic E-state index is 13.9. The standard InChI is InChI=1S/C13H14BrClFNO/c14-11-5-1-4-10(12(11)16)13(18)17-6-2-3-9(7-15)8-17/h1,4-5,9H,2-3,6-8H2. The summed E-state index contributed by atoms with van der Waals surface area (Å²) >= 11 is 8.93. The van der Waals surface area contributed by atoms with E-state index in [4.69, 9.17) is 11.6 Å². The van der Waals surface area contributed by atoms with Gasteiger partial charge in [-0.25, -0.2) is 4.39 Å². The van der Waals surface area contributed by atoms with Crippen molar-refractivity contribution in [2.24, 2.45) is 5.92 Å². The van der Waals surface area contributed by atoms with Crippen molar-refractivity contribution in [1.82, 2.24) is 4.90 Å². The smallest absolute Gasteiger partial charge is 0.256 e. The van der Waals surface area contributed by atoms with Crippen LogP contribution in [0.2, 0.25) is 0 Å². The van der Waals surface area contributed by atoms with E-state index in [1.165, 1.54) is 6.07 Å². The predicted molar refractivity (Wildman–Crippen MR) is 73.4 cm³/mol. The van der Waals surface area contributed by atoms with E-state index in [2.05, 4.69) is 15.9 Å². The molecular weight excluding hydrogens is 321 g/mol. The number of benzene rings is 1. The number of halogens is 3. The van der Waals surface area contributed by atoms with Gasteiger partial charge in [-0.15, -0.1) is 11.6 Å². The Balaban J connectivity index is 2.18. The second-order valence-corrected chi connectivity index (χ2v) is 5.68. The normalized spacial score (nSPS) is 19.9. The number of hydrogen-bond donors (Lipinski definition) is 0. The fourth-order valence-corrected chi connectivity index (χ4v) is 2.83. The van der Waals surface area contributed by atoms with Gasteiger partial charge in [-0.1, -0.05) is 6.07 Å². The summed E-state index contributed by atoms with van der Waals surface area (Å²) in [5, 5.41) is 0. The molecule has 1 heterocycles. The van der Waals surface area contributed by atoms with Crippen molar-refractivity contribution in [2.75, 3.05) is 19.0 Å². The third-order valence-electron chi connectivity index (χ3n) is 3.21. The fraction of sp³-hybridized carbons (Fsp3) is 0.462. The van der Waals surface area contributed by atoms with Crippen LogP contribution in [0.4, 0.5) is 4.39 Å². The van der Waals surface area contributed by atoms with Gasteiger partial charge in [0.15, 0.2) is 0 Å². The molecule has 0 aliphatic carbocycles. The lowest BCUT2D eigenvalue weighted by atomic mass is 9.99. The van der Waals surface area contributed by atoms with E-state index < -0.39 is 5.82 Å². The Kier molecular flexibility index (Phi) is 4.62. The maximum atomic E-state index is 13.9. The first-order valence-corrected chi connectivity index (χ1v) is 7.25. The van der Waals surface area contributed by atoms with E-state index in [1.54, 1.807) is 17.0 Å². The van der Waals surface area contributed by atoms with Crippen molar-refractivity contribution in [3.8, 4) is 0 Å². The third kappa shape index (κ3) is 2.86. The molecule has 1 aliphatic rings. The number of carbonyl (C=O) groups excluding carboxylic acids is 1. The summed E-state index contributed by atoms with van der Waals surface area (Å²) in [4.78, 5) is 14.0. The zero-order valence-electron chi connectivity index (χ0n) is 9.83. The van der Waals surface area contributed by atoms with Gasteiger partial charge in [0, 0.05) is 19.0 Å². The highest BCUT2D eigenvalue weighted by atomic mass is 79.9. The van der Waals surface area contributed by atoms with E-state index >= 15 is 0 Å². The van der Waals surface area contributed by atoms with Crippen molar-refractivity contribution in [2.45, 2.75) is 12.8 Å². The molecule has 0 spiro atoms. The van der Waals surface area contributed by atoms with Gasteiger partial charge in [0.2, 0.25) is 0 Å². The molecule has 98 valence electrons. The Morgan fingerprint density at radius 1 is 1.56 bits per heavy atom. The Labute approximate surface area is 119 Å². The van der Waals surface area contributed by atoms with Gasteiger partial charge < -0.3 is 4.90 Å². The second-order valence-electron chi connectivity index (χ2n) is 4.52. The first kappa shape index (κ1) is 13.8. The highest BCUT2D eigenvalue weighted by Crippen LogP contribution is 2.23. The summed E-state index contributed by atoms with van der Waals surface area (Å²) < 4.78 is 14.2. The molecule has 0 radical (unpaired) electrons. The molecule has 1 aliphatic heterocycles. The van der Waals surface area contributed by atoms with Crippen LogP contribution in [0, 0.1) is 11.7 Å². The van der Waals surface area contributed by atoms with Gasteiger partial charge >= 0.3 is 0 Å². The summed E-state index contributed by atoms with van der Waals surface area (Å²) in [5.41, 5.74) is 0.125. The van der Waals surface area contributed by atoms with Crippen molar-refractivity contribution < 1.29 is 9.18 Å². The van der Waals surface area contributed by atoms with E-state index in [1.807, 2.05) is 0 Å². The molecule has 1 amide bonds. The van der Waals surface area contributed by atoms with Crippen LogP contribution in [0.1, 0.15) is 23.2 Å². The van der Waals surface area contributed by atoms with Crippen LogP contribution in [0.25, 0.3) is 0 Å². The van der Waals surface area contributed by atoms with Crippen molar-refractivity contribution in [3.05, 3.63) is 34.1 Å². The van der Waals surface area contributed by atoms with Crippen LogP contribution < -0.4 is 0 Å². The molecule has 2 rings (SSSR count). The molecule has 2 nitrogen and oxygen atoms in total. The van der Waals surface area contributed by atoms with Crippen molar-refractivity contribution in [3.63, 3.8) is 0 Å². The number of hydrogen-bond acceptors (Lipinski definition) is 1. The fourth-order valence-electron chi connectivity index (χ4n) is 2.21. The Bertz CT molecular complexity index is 455. The molecule has 1 aromatic rings. The number of amides is 1. The Hall–Kier alpha value is -0.610. The Morgan fingerprint density at radius 3 is 3.06 bits per heavy atom. The first-order valence-electron chi connectivity index (χ1n) is 5.92. The van der Waals surface area contributed by atoms with E-state index in [0.29, 0.717) is 29.4 Å². The van der Waals surface area contributed by atoms with Crippen LogP contribution in [0.3, 0.4) is 0 Å². The third-order valence-corrected chi connectivity index (χ3v) is 4.26. The molecule has 1 unspecified atom stereocenters. The van der Waals surface area contributed by atoms with Gasteiger partial charge in [0.1, 0.15) is 5.82 Å². The minimum absolute atomic E-state index is 0.125. The molecule has 18 heavy (non-hydrogen) atoms. The summed E-state index contributed by atoms with van der Waals surface area (Å²) in [6.07, 6.45) is 1.97. The summed E-state index contributed by atoms with van der Waals surface area (Å²) in [6, 6.07) is 4.78. The predicted octanol–water partition coefficient (Wildman–Crippen LogP) is 3.68. The minimum atomic E-state index is -0.490. The zero-order valence-corrected chi connectivity index (χ0v) is 12.2. The molecule has 1 atom stereocenters. The quantitative estimate of drug-likeness (QED) is 0.756. The largest absolute Gasteiger partial charge is 0.338 e. The van der Waals surface area contributed by atoms with Crippen molar-refractivity contribution >= 4 is 33.4 Å². The van der Waals surface area contributed by atoms with E-state index in [-0.39, 0.29) is 11.5 Å². The maximum Gasteiger partial charge on any atom is 0.256 e. The molecule has 0 aromatic heterocycles. The molecular formula is C13H14BrClFNO. The number of rotatable bonds is 2. The van der Waals surface area contributed by atoms with Gasteiger partial charge in [-0.2, -0.15) is 0 Å². The van der Waals surface area contributed by atoms with Gasteiger partial charge in [-0.05, 0) is 46.8 Å². The summed E-state index contributed by atoms with van der Waals surface area (Å²) in [6.45, 7) is 1.30. The lowest BCUT2D eigenvalue weighted by molar-refractivity contribution is 0.0680. The average Bonchev–Trinajstić information content (AvgIpc) is 2.41. The zero-order chi connectivity index (χ0) is 13.1. The molecule has 5 heteroatoms. The van der Waals surface area contributed by atoms with Crippen LogP contribution in [0.5, 0.6) is 0 Å². The van der Waals surface area contributed by atoms with Gasteiger partial charge in [0.05, 0.1) is 10.0 Å². The lowest BCUT2D eigenvalue weighted by Gasteiger charge is -2.32. The number of piperidine rings is 1. The monoisotopic (exact) mass is 333 g/mol. The highest BCUT2D eigenvalue weighted by Gasteiger charge is 2.26. The number of carbonyl (C=O) groups is 1. The first-order chi connectivity index (χ1) is 8.63. The van der Waals surface area contributed by atoms with Crippen LogP contribution in [0.15, 0.2) is 22.7 Å². The van der Waals surface area contributed by atoms with Crippen LogP contribution in [-0.2, 0) is 0 Å². The molecule has 1 fully saturated rings. The molecule has 0 N–H and O–H groups in total. The topological polar surface area (TPSA) is 20.3 Å². The van der Waals surface area contributed by atoms with Gasteiger partial charge in [-0.3, -0.25) is 4.79 Å². The Morgan fingerprint density at radius 2 is 2.33 bits per heavy atom. The van der Waals surface area contributed by atoms with Gasteiger partial charge in [0.25, 0.3) is 5.91 Å². The molecule has 0 saturated carbocycles. The number of likely N-dealkylation sites (tertiary alicyclic amines) is 1. The SMILES string of the molecule is O=C(c1cccc(Br)c1F)N1CCCC(CCl)C1. The lowest BCUT2D eigenvalue weighted by Crippen LogP contribution is -2.40. The van der Waals surface area contributed by atoms with E-state index in [0.717, 1.165) is 12.8 Å². The van der Waals surface area contributed by atoms with E-state index in [9.17, 15) is 9.18 Å². The van der Waals surface area contributed by atoms with Crippen LogP contribution >= 0.6 is 27.5 Å². The number of alkyl halides is 1. The van der Waals surface area contributed by atoms with Crippen molar-refractivity contribution in [1.29, 1.82) is 0 Å². The van der Waals surface area contributed by atoms with Crippen LogP contribution in [-0.4, -0.2) is 29.8 Å². The highest BCUT2D eigenvalue weighted by molar-refractivity contribution is 9.10. The second kappa shape index (κ2) is 6.02. The number of nitrogens with zero attached hydrogens (tertiary/aromatic N) is 1. The molecule has 1 saturated heterocycles. The summed E-state index contributed by atoms with van der Waals surface area (Å²) in [5.74, 6) is 0.128. The molecule has 1 aromatic carbocycles. The molecule has 0 bridgehead atoms.